The van der Waals surface area contributed by atoms with Crippen molar-refractivity contribution in [2.45, 2.75) is 50.2 Å². The SMILES string of the molecule is COC[C@H]1CCN(C)C2(C1)CN(C(=O)COC1CCCC1)C2. The Bertz CT molecular complexity index is 389. The molecule has 5 heteroatoms. The van der Waals surface area contributed by atoms with Crippen LogP contribution in [0.15, 0.2) is 0 Å². The first-order chi connectivity index (χ1) is 10.6. The van der Waals surface area contributed by atoms with Crippen molar-refractivity contribution in [3.05, 3.63) is 0 Å². The Balaban J connectivity index is 1.45. The lowest BCUT2D eigenvalue weighted by Crippen LogP contribution is -2.73. The summed E-state index contributed by atoms with van der Waals surface area (Å²) in [7, 11) is 3.97. The number of carbonyl (C=O) groups is 1. The van der Waals surface area contributed by atoms with Crippen molar-refractivity contribution in [3.63, 3.8) is 0 Å². The third-order valence-electron chi connectivity index (χ3n) is 5.82. The van der Waals surface area contributed by atoms with Crippen molar-refractivity contribution in [1.29, 1.82) is 0 Å². The van der Waals surface area contributed by atoms with Gasteiger partial charge in [0.05, 0.1) is 11.6 Å². The van der Waals surface area contributed by atoms with Crippen molar-refractivity contribution in [3.8, 4) is 0 Å². The summed E-state index contributed by atoms with van der Waals surface area (Å²) in [5, 5.41) is 0. The number of rotatable bonds is 5. The maximum absolute atomic E-state index is 12.3. The van der Waals surface area contributed by atoms with Crippen LogP contribution in [0.5, 0.6) is 0 Å². The summed E-state index contributed by atoms with van der Waals surface area (Å²) in [6, 6.07) is 0. The number of piperidine rings is 1. The second-order valence-corrected chi connectivity index (χ2v) is 7.43. The van der Waals surface area contributed by atoms with Gasteiger partial charge in [-0.05, 0) is 45.2 Å². The highest BCUT2D eigenvalue weighted by Gasteiger charge is 2.50. The zero-order valence-electron chi connectivity index (χ0n) is 14.1. The first kappa shape index (κ1) is 16.2. The van der Waals surface area contributed by atoms with E-state index in [1.165, 1.54) is 19.3 Å². The molecule has 2 saturated heterocycles. The summed E-state index contributed by atoms with van der Waals surface area (Å²) < 4.78 is 11.1. The van der Waals surface area contributed by atoms with Gasteiger partial charge in [-0.2, -0.15) is 0 Å². The summed E-state index contributed by atoms with van der Waals surface area (Å²) in [5.41, 5.74) is 0.185. The van der Waals surface area contributed by atoms with Crippen LogP contribution in [0.2, 0.25) is 0 Å². The first-order valence-electron chi connectivity index (χ1n) is 8.72. The van der Waals surface area contributed by atoms with Crippen molar-refractivity contribution >= 4 is 5.91 Å². The highest BCUT2D eigenvalue weighted by molar-refractivity contribution is 5.78. The van der Waals surface area contributed by atoms with E-state index in [0.717, 1.165) is 45.5 Å². The predicted molar refractivity (Wildman–Crippen MR) is 84.7 cm³/mol. The van der Waals surface area contributed by atoms with Crippen molar-refractivity contribution < 1.29 is 14.3 Å². The third kappa shape index (κ3) is 3.31. The number of likely N-dealkylation sites (tertiary alicyclic amines) is 2. The second kappa shape index (κ2) is 6.85. The molecule has 2 aliphatic heterocycles. The van der Waals surface area contributed by atoms with Crippen molar-refractivity contribution in [1.82, 2.24) is 9.80 Å². The topological polar surface area (TPSA) is 42.0 Å². The summed E-state index contributed by atoms with van der Waals surface area (Å²) in [6.45, 7) is 3.93. The van der Waals surface area contributed by atoms with Gasteiger partial charge in [0.1, 0.15) is 6.61 Å². The summed E-state index contributed by atoms with van der Waals surface area (Å²) in [5.74, 6) is 0.799. The molecule has 1 atom stereocenters. The van der Waals surface area contributed by atoms with Crippen molar-refractivity contribution in [2.24, 2.45) is 5.92 Å². The molecular weight excluding hydrogens is 280 g/mol. The van der Waals surface area contributed by atoms with Crippen LogP contribution in [-0.4, -0.2) is 74.4 Å². The largest absolute Gasteiger partial charge is 0.384 e. The Morgan fingerprint density at radius 2 is 1.95 bits per heavy atom. The van der Waals surface area contributed by atoms with Gasteiger partial charge in [0, 0.05) is 26.8 Å². The van der Waals surface area contributed by atoms with Gasteiger partial charge in [-0.25, -0.2) is 0 Å². The lowest BCUT2D eigenvalue weighted by molar-refractivity contribution is -0.157. The Kier molecular flexibility index (Phi) is 5.05. The molecule has 3 rings (SSSR count). The Morgan fingerprint density at radius 1 is 1.23 bits per heavy atom. The van der Waals surface area contributed by atoms with Crippen LogP contribution in [0, 0.1) is 5.92 Å². The lowest BCUT2D eigenvalue weighted by Gasteiger charge is -2.58. The normalized spacial score (nSPS) is 29.0. The zero-order chi connectivity index (χ0) is 15.6. The van der Waals surface area contributed by atoms with E-state index in [1.807, 2.05) is 4.90 Å². The summed E-state index contributed by atoms with van der Waals surface area (Å²) in [4.78, 5) is 16.7. The number of nitrogens with zero attached hydrogens (tertiary/aromatic N) is 2. The van der Waals surface area contributed by atoms with Crippen molar-refractivity contribution in [2.75, 3.05) is 47.0 Å². The fourth-order valence-corrected chi connectivity index (χ4v) is 4.33. The van der Waals surface area contributed by atoms with Crippen LogP contribution >= 0.6 is 0 Å². The maximum Gasteiger partial charge on any atom is 0.248 e. The molecule has 1 aliphatic carbocycles. The van der Waals surface area contributed by atoms with E-state index in [-0.39, 0.29) is 18.1 Å². The van der Waals surface area contributed by atoms with Crippen LogP contribution in [0.1, 0.15) is 38.5 Å². The molecule has 5 nitrogen and oxygen atoms in total. The molecule has 0 unspecified atom stereocenters. The average Bonchev–Trinajstić information content (AvgIpc) is 2.98. The summed E-state index contributed by atoms with van der Waals surface area (Å²) in [6.07, 6.45) is 7.41. The quantitative estimate of drug-likeness (QED) is 0.772. The molecule has 1 saturated carbocycles. The van der Waals surface area contributed by atoms with Crippen LogP contribution in [-0.2, 0) is 14.3 Å². The Labute approximate surface area is 133 Å². The molecule has 0 bridgehead atoms. The monoisotopic (exact) mass is 310 g/mol. The molecule has 2 heterocycles. The van der Waals surface area contributed by atoms with Gasteiger partial charge in [0.25, 0.3) is 0 Å². The minimum atomic E-state index is 0.166. The van der Waals surface area contributed by atoms with E-state index in [9.17, 15) is 4.79 Å². The smallest absolute Gasteiger partial charge is 0.248 e. The number of methoxy groups -OCH3 is 1. The number of ether oxygens (including phenoxy) is 2. The molecule has 3 aliphatic rings. The van der Waals surface area contributed by atoms with Crippen LogP contribution in [0.4, 0.5) is 0 Å². The zero-order valence-corrected chi connectivity index (χ0v) is 14.1. The molecule has 0 aromatic rings. The third-order valence-corrected chi connectivity index (χ3v) is 5.82. The van der Waals surface area contributed by atoms with E-state index >= 15 is 0 Å². The molecule has 22 heavy (non-hydrogen) atoms. The fraction of sp³-hybridized carbons (Fsp3) is 0.941. The molecule has 126 valence electrons. The number of likely N-dealkylation sites (N-methyl/N-ethyl adjacent to an activating group) is 1. The molecular formula is C17H30N2O3. The van der Waals surface area contributed by atoms with Gasteiger partial charge in [0.15, 0.2) is 0 Å². The van der Waals surface area contributed by atoms with Crippen LogP contribution < -0.4 is 0 Å². The minimum absolute atomic E-state index is 0.166. The van der Waals surface area contributed by atoms with E-state index in [1.54, 1.807) is 7.11 Å². The van der Waals surface area contributed by atoms with E-state index < -0.39 is 0 Å². The first-order valence-corrected chi connectivity index (χ1v) is 8.72. The van der Waals surface area contributed by atoms with Gasteiger partial charge in [-0.1, -0.05) is 12.8 Å². The van der Waals surface area contributed by atoms with E-state index in [0.29, 0.717) is 12.0 Å². The molecule has 0 aromatic heterocycles. The van der Waals surface area contributed by atoms with Gasteiger partial charge < -0.3 is 14.4 Å². The van der Waals surface area contributed by atoms with E-state index in [2.05, 4.69) is 11.9 Å². The van der Waals surface area contributed by atoms with Gasteiger partial charge in [-0.3, -0.25) is 9.69 Å². The highest BCUT2D eigenvalue weighted by Crippen LogP contribution is 2.38. The highest BCUT2D eigenvalue weighted by atomic mass is 16.5. The van der Waals surface area contributed by atoms with Crippen LogP contribution in [0.3, 0.4) is 0 Å². The fourth-order valence-electron chi connectivity index (χ4n) is 4.33. The molecule has 0 aromatic carbocycles. The van der Waals surface area contributed by atoms with Gasteiger partial charge in [0.2, 0.25) is 5.91 Å². The number of hydrogen-bond donors (Lipinski definition) is 0. The Morgan fingerprint density at radius 3 is 2.64 bits per heavy atom. The average molecular weight is 310 g/mol. The molecule has 0 radical (unpaired) electrons. The maximum atomic E-state index is 12.3. The number of carbonyl (C=O) groups excluding carboxylic acids is 1. The minimum Gasteiger partial charge on any atom is -0.384 e. The predicted octanol–water partition coefficient (Wildman–Crippen LogP) is 1.51. The van der Waals surface area contributed by atoms with E-state index in [4.69, 9.17) is 9.47 Å². The lowest BCUT2D eigenvalue weighted by atomic mass is 9.75. The molecule has 1 amide bonds. The molecule has 0 N–H and O–H groups in total. The van der Waals surface area contributed by atoms with Gasteiger partial charge >= 0.3 is 0 Å². The summed E-state index contributed by atoms with van der Waals surface area (Å²) >= 11 is 0. The standard InChI is InChI=1S/C17H30N2O3/c1-18-8-7-14(10-21-2)9-17(18)12-19(13-17)16(20)11-22-15-5-3-4-6-15/h14-15H,3-13H2,1-2H3/t14-/m0/s1. The second-order valence-electron chi connectivity index (χ2n) is 7.43. The molecule has 3 fully saturated rings. The number of amides is 1. The Hall–Kier alpha value is -0.650. The number of hydrogen-bond acceptors (Lipinski definition) is 4. The molecule has 1 spiro atoms. The van der Waals surface area contributed by atoms with Gasteiger partial charge in [-0.15, -0.1) is 0 Å². The van der Waals surface area contributed by atoms with Crippen LogP contribution in [0.25, 0.3) is 0 Å².